The Labute approximate surface area is 186 Å². The van der Waals surface area contributed by atoms with Crippen LogP contribution in [0, 0.1) is 10.8 Å². The van der Waals surface area contributed by atoms with Crippen LogP contribution in [0.5, 0.6) is 11.5 Å². The van der Waals surface area contributed by atoms with Gasteiger partial charge in [-0.2, -0.15) is 0 Å². The van der Waals surface area contributed by atoms with Gasteiger partial charge < -0.3 is 24.8 Å². The van der Waals surface area contributed by atoms with Crippen molar-refractivity contribution >= 4 is 23.9 Å². The van der Waals surface area contributed by atoms with Gasteiger partial charge in [-0.15, -0.1) is 0 Å². The number of nitrogens with zero attached hydrogens (tertiary/aromatic N) is 1. The Morgan fingerprint density at radius 3 is 2.19 bits per heavy atom. The number of esters is 1. The van der Waals surface area contributed by atoms with E-state index in [4.69, 9.17) is 30.8 Å². The Morgan fingerprint density at radius 1 is 0.938 bits per heavy atom. The fraction of sp³-hybridized carbons (Fsp3) is 0.304. The Morgan fingerprint density at radius 2 is 1.56 bits per heavy atom. The summed E-state index contributed by atoms with van der Waals surface area (Å²) in [5, 5.41) is 15.8. The average Bonchev–Trinajstić information content (AvgIpc) is 3.35. The number of ether oxygens (including phenoxy) is 3. The van der Waals surface area contributed by atoms with Gasteiger partial charge in [0.25, 0.3) is 0 Å². The molecule has 0 spiro atoms. The van der Waals surface area contributed by atoms with E-state index in [1.807, 2.05) is 4.90 Å². The van der Waals surface area contributed by atoms with Crippen molar-refractivity contribution in [1.82, 2.24) is 4.90 Å². The minimum atomic E-state index is -0.486. The maximum Gasteiger partial charge on any atom is 0.338 e. The minimum Gasteiger partial charge on any atom is -0.490 e. The number of hydrogen-bond acceptors (Lipinski definition) is 7. The molecule has 32 heavy (non-hydrogen) atoms. The molecule has 2 aromatic carbocycles. The van der Waals surface area contributed by atoms with Gasteiger partial charge in [0.05, 0.1) is 5.56 Å². The molecule has 1 fully saturated rings. The number of carbonyl (C=O) groups is 2. The highest BCUT2D eigenvalue weighted by molar-refractivity contribution is 5.98. The van der Waals surface area contributed by atoms with Gasteiger partial charge in [0.15, 0.2) is 6.29 Å². The predicted molar refractivity (Wildman–Crippen MR) is 119 cm³/mol. The van der Waals surface area contributed by atoms with Crippen LogP contribution < -0.4 is 15.2 Å². The summed E-state index contributed by atoms with van der Waals surface area (Å²) in [7, 11) is 0. The van der Waals surface area contributed by atoms with Crippen LogP contribution in [0.25, 0.3) is 0 Å². The molecule has 0 radical (unpaired) electrons. The third kappa shape index (κ3) is 6.07. The summed E-state index contributed by atoms with van der Waals surface area (Å²) in [4.78, 5) is 24.8. The van der Waals surface area contributed by atoms with Crippen molar-refractivity contribution in [1.29, 1.82) is 10.8 Å². The Bertz CT molecular complexity index is 984. The van der Waals surface area contributed by atoms with Crippen molar-refractivity contribution in [3.05, 3.63) is 59.2 Å². The summed E-state index contributed by atoms with van der Waals surface area (Å²) >= 11 is 0. The number of likely N-dealkylation sites (tertiary alicyclic amines) is 1. The number of nitrogen functional groups attached to an aromatic ring is 1. The number of aldehydes is 1. The van der Waals surface area contributed by atoms with Crippen molar-refractivity contribution in [3.63, 3.8) is 0 Å². The monoisotopic (exact) mass is 438 g/mol. The van der Waals surface area contributed by atoms with Crippen molar-refractivity contribution < 1.29 is 23.8 Å². The number of rotatable bonds is 10. The first-order valence-corrected chi connectivity index (χ1v) is 10.3. The molecule has 0 aliphatic carbocycles. The van der Waals surface area contributed by atoms with Crippen LogP contribution in [-0.4, -0.2) is 61.7 Å². The summed E-state index contributed by atoms with van der Waals surface area (Å²) in [5.74, 6) is 0.537. The first-order valence-electron chi connectivity index (χ1n) is 10.3. The summed E-state index contributed by atoms with van der Waals surface area (Å²) in [5.41, 5.74) is 7.07. The lowest BCUT2D eigenvalue weighted by atomic mass is 10.1. The van der Waals surface area contributed by atoms with E-state index >= 15 is 0 Å². The standard InChI is InChI=1S/C23H26N4O5/c24-21(25)18-13-19(30-10-9-28)15-20(14-18)31-11-12-32-23(29)17-5-3-16(4-6-17)22(26)27-7-1-2-8-27/h3-6,9,13-15,26H,1-2,7-8,10-12H2,(H3,24,25). The number of nitrogens with one attached hydrogen (secondary N) is 2. The molecule has 1 aliphatic rings. The molecular formula is C23H26N4O5. The zero-order valence-electron chi connectivity index (χ0n) is 17.6. The van der Waals surface area contributed by atoms with Crippen molar-refractivity contribution in [2.45, 2.75) is 12.8 Å². The van der Waals surface area contributed by atoms with Gasteiger partial charge in [0.2, 0.25) is 0 Å². The van der Waals surface area contributed by atoms with Crippen molar-refractivity contribution in [3.8, 4) is 11.5 Å². The summed E-state index contributed by atoms with van der Waals surface area (Å²) in [6.07, 6.45) is 2.81. The zero-order valence-corrected chi connectivity index (χ0v) is 17.6. The first kappa shape index (κ1) is 22.8. The van der Waals surface area contributed by atoms with Crippen molar-refractivity contribution in [2.75, 3.05) is 32.9 Å². The SMILES string of the molecule is N=C(N)c1cc(OCC=O)cc(OCCOC(=O)c2ccc(C(=N)N3CCCC3)cc2)c1. The highest BCUT2D eigenvalue weighted by Crippen LogP contribution is 2.23. The van der Waals surface area contributed by atoms with Crippen LogP contribution in [0.1, 0.15) is 34.3 Å². The summed E-state index contributed by atoms with van der Waals surface area (Å²) < 4.78 is 16.1. The maximum absolute atomic E-state index is 12.3. The molecule has 9 heteroatoms. The molecule has 1 heterocycles. The van der Waals surface area contributed by atoms with Crippen LogP contribution >= 0.6 is 0 Å². The molecule has 3 rings (SSSR count). The fourth-order valence-electron chi connectivity index (χ4n) is 3.29. The van der Waals surface area contributed by atoms with E-state index < -0.39 is 5.97 Å². The van der Waals surface area contributed by atoms with E-state index in [2.05, 4.69) is 0 Å². The van der Waals surface area contributed by atoms with Crippen LogP contribution in [0.3, 0.4) is 0 Å². The van der Waals surface area contributed by atoms with E-state index in [0.717, 1.165) is 31.5 Å². The molecule has 1 saturated heterocycles. The number of nitrogens with two attached hydrogens (primary N) is 1. The van der Waals surface area contributed by atoms with E-state index in [1.165, 1.54) is 6.07 Å². The predicted octanol–water partition coefficient (Wildman–Crippen LogP) is 2.21. The van der Waals surface area contributed by atoms with Gasteiger partial charge >= 0.3 is 5.97 Å². The van der Waals surface area contributed by atoms with Crippen molar-refractivity contribution in [2.24, 2.45) is 5.73 Å². The van der Waals surface area contributed by atoms with Gasteiger partial charge in [-0.1, -0.05) is 12.1 Å². The fourth-order valence-corrected chi connectivity index (χ4v) is 3.29. The smallest absolute Gasteiger partial charge is 0.338 e. The normalized spacial score (nSPS) is 12.8. The molecule has 9 nitrogen and oxygen atoms in total. The number of amidine groups is 2. The largest absolute Gasteiger partial charge is 0.490 e. The lowest BCUT2D eigenvalue weighted by Crippen LogP contribution is -2.27. The molecule has 0 amide bonds. The lowest BCUT2D eigenvalue weighted by molar-refractivity contribution is -0.109. The number of hydrogen-bond donors (Lipinski definition) is 3. The second-order valence-electron chi connectivity index (χ2n) is 7.19. The van der Waals surface area contributed by atoms with Gasteiger partial charge in [-0.25, -0.2) is 4.79 Å². The molecule has 0 unspecified atom stereocenters. The quantitative estimate of drug-likeness (QED) is 0.170. The lowest BCUT2D eigenvalue weighted by Gasteiger charge is -2.18. The molecular weight excluding hydrogens is 412 g/mol. The second-order valence-corrected chi connectivity index (χ2v) is 7.19. The highest BCUT2D eigenvalue weighted by atomic mass is 16.6. The highest BCUT2D eigenvalue weighted by Gasteiger charge is 2.17. The van der Waals surface area contributed by atoms with Gasteiger partial charge in [0.1, 0.15) is 43.0 Å². The number of carbonyl (C=O) groups excluding carboxylic acids is 2. The Kier molecular flexibility index (Phi) is 7.80. The summed E-state index contributed by atoms with van der Waals surface area (Å²) in [6, 6.07) is 11.5. The van der Waals surface area contributed by atoms with E-state index in [9.17, 15) is 9.59 Å². The van der Waals surface area contributed by atoms with Gasteiger partial charge in [-0.05, 0) is 37.1 Å². The van der Waals surface area contributed by atoms with Gasteiger partial charge in [0, 0.05) is 30.3 Å². The molecule has 2 aromatic rings. The Hall–Kier alpha value is -3.88. The van der Waals surface area contributed by atoms with Gasteiger partial charge in [-0.3, -0.25) is 15.6 Å². The third-order valence-electron chi connectivity index (χ3n) is 4.91. The molecule has 0 bridgehead atoms. The van der Waals surface area contributed by atoms with E-state index in [0.29, 0.717) is 34.7 Å². The van der Waals surface area contributed by atoms with E-state index in [-0.39, 0.29) is 25.7 Å². The molecule has 0 aromatic heterocycles. The van der Waals surface area contributed by atoms with E-state index in [1.54, 1.807) is 36.4 Å². The molecule has 168 valence electrons. The first-order chi connectivity index (χ1) is 15.5. The minimum absolute atomic E-state index is 0.0129. The zero-order chi connectivity index (χ0) is 22.9. The molecule has 0 saturated carbocycles. The molecule has 0 atom stereocenters. The van der Waals surface area contributed by atoms with Crippen LogP contribution in [0.15, 0.2) is 42.5 Å². The topological polar surface area (TPSA) is 139 Å². The van der Waals surface area contributed by atoms with Crippen LogP contribution in [-0.2, 0) is 9.53 Å². The third-order valence-corrected chi connectivity index (χ3v) is 4.91. The second kappa shape index (κ2) is 10.9. The molecule has 4 N–H and O–H groups in total. The number of benzene rings is 2. The summed E-state index contributed by atoms with van der Waals surface area (Å²) in [6.45, 7) is 1.75. The van der Waals surface area contributed by atoms with Crippen LogP contribution in [0.2, 0.25) is 0 Å². The average molecular weight is 438 g/mol. The maximum atomic E-state index is 12.3. The Balaban J connectivity index is 1.50. The molecule has 1 aliphatic heterocycles. The van der Waals surface area contributed by atoms with Crippen LogP contribution in [0.4, 0.5) is 0 Å².